The summed E-state index contributed by atoms with van der Waals surface area (Å²) in [5.41, 5.74) is -0.208. The zero-order valence-corrected chi connectivity index (χ0v) is 5.52. The maximum absolute atomic E-state index is 9.43. The van der Waals surface area contributed by atoms with Crippen molar-refractivity contribution in [3.05, 3.63) is 0 Å². The van der Waals surface area contributed by atoms with Crippen molar-refractivity contribution < 1.29 is 9.84 Å². The molecule has 0 amide bonds. The second kappa shape index (κ2) is 1.16. The van der Waals surface area contributed by atoms with Crippen LogP contribution in [0.2, 0.25) is 0 Å². The molecular formula is C5H7NO2S. The SMILES string of the molecule is OC12CC1SC1OC1N2. The van der Waals surface area contributed by atoms with E-state index in [4.69, 9.17) is 4.74 Å². The van der Waals surface area contributed by atoms with Crippen LogP contribution in [0.15, 0.2) is 0 Å². The van der Waals surface area contributed by atoms with Crippen molar-refractivity contribution >= 4 is 11.8 Å². The highest BCUT2D eigenvalue weighted by Crippen LogP contribution is 2.55. The molecule has 3 fully saturated rings. The first-order valence-corrected chi connectivity index (χ1v) is 4.03. The summed E-state index contributed by atoms with van der Waals surface area (Å²) < 4.78 is 5.14. The maximum Gasteiger partial charge on any atom is 0.148 e. The summed E-state index contributed by atoms with van der Waals surface area (Å²) in [6, 6.07) is 0. The summed E-state index contributed by atoms with van der Waals surface area (Å²) >= 11 is 1.75. The zero-order chi connectivity index (χ0) is 6.06. The van der Waals surface area contributed by atoms with Crippen molar-refractivity contribution in [3.8, 4) is 0 Å². The molecule has 0 radical (unpaired) electrons. The summed E-state index contributed by atoms with van der Waals surface area (Å²) in [6.45, 7) is 0. The van der Waals surface area contributed by atoms with Crippen LogP contribution in [-0.2, 0) is 4.74 Å². The molecule has 4 heteroatoms. The molecule has 0 bridgehead atoms. The summed E-state index contributed by atoms with van der Waals surface area (Å²) in [5.74, 6) is 0. The first-order chi connectivity index (χ1) is 4.28. The van der Waals surface area contributed by atoms with E-state index in [1.54, 1.807) is 11.8 Å². The predicted octanol–water partition coefficient (Wildman–Crippen LogP) is -0.534. The van der Waals surface area contributed by atoms with E-state index in [9.17, 15) is 5.11 Å². The fraction of sp³-hybridized carbons (Fsp3) is 1.00. The number of nitrogens with one attached hydrogen (secondary N) is 1. The highest BCUT2D eigenvalue weighted by Gasteiger charge is 2.65. The van der Waals surface area contributed by atoms with Gasteiger partial charge in [-0.1, -0.05) is 0 Å². The van der Waals surface area contributed by atoms with Crippen LogP contribution in [0.25, 0.3) is 0 Å². The summed E-state index contributed by atoms with van der Waals surface area (Å²) in [4.78, 5) is 0. The average molecular weight is 145 g/mol. The summed E-state index contributed by atoms with van der Waals surface area (Å²) in [7, 11) is 0. The van der Waals surface area contributed by atoms with Gasteiger partial charge in [0.1, 0.15) is 17.4 Å². The number of hydrogen-bond acceptors (Lipinski definition) is 4. The Morgan fingerprint density at radius 3 is 3.44 bits per heavy atom. The molecule has 0 aromatic rings. The molecule has 3 nitrogen and oxygen atoms in total. The number of hydrogen-bond donors (Lipinski definition) is 2. The van der Waals surface area contributed by atoms with Crippen molar-refractivity contribution in [2.24, 2.45) is 0 Å². The van der Waals surface area contributed by atoms with Gasteiger partial charge in [-0.15, -0.1) is 11.8 Å². The van der Waals surface area contributed by atoms with Crippen molar-refractivity contribution in [1.29, 1.82) is 0 Å². The second-order valence-electron chi connectivity index (χ2n) is 2.82. The van der Waals surface area contributed by atoms with Gasteiger partial charge in [0.05, 0.1) is 5.25 Å². The van der Waals surface area contributed by atoms with Gasteiger partial charge < -0.3 is 9.84 Å². The fourth-order valence-corrected chi connectivity index (χ4v) is 2.61. The molecule has 2 heterocycles. The Labute approximate surface area is 56.8 Å². The Hall–Kier alpha value is 0.230. The molecule has 50 valence electrons. The Kier molecular flexibility index (Phi) is 0.641. The topological polar surface area (TPSA) is 44.8 Å². The normalized spacial score (nSPS) is 68.3. The lowest BCUT2D eigenvalue weighted by Crippen LogP contribution is -2.39. The van der Waals surface area contributed by atoms with Gasteiger partial charge >= 0.3 is 0 Å². The van der Waals surface area contributed by atoms with Gasteiger partial charge in [0.15, 0.2) is 0 Å². The smallest absolute Gasteiger partial charge is 0.148 e. The van der Waals surface area contributed by atoms with Gasteiger partial charge in [-0.2, -0.15) is 0 Å². The van der Waals surface area contributed by atoms with Crippen LogP contribution < -0.4 is 5.32 Å². The first kappa shape index (κ1) is 4.96. The van der Waals surface area contributed by atoms with E-state index in [1.807, 2.05) is 0 Å². The number of epoxide rings is 1. The molecule has 3 aliphatic rings. The highest BCUT2D eigenvalue weighted by atomic mass is 32.2. The van der Waals surface area contributed by atoms with Crippen LogP contribution in [0, 0.1) is 0 Å². The third kappa shape index (κ3) is 0.544. The van der Waals surface area contributed by atoms with Crippen LogP contribution in [0.5, 0.6) is 0 Å². The number of ether oxygens (including phenoxy) is 1. The minimum atomic E-state index is -0.553. The lowest BCUT2D eigenvalue weighted by Gasteiger charge is -2.13. The number of rotatable bonds is 0. The van der Waals surface area contributed by atoms with Crippen LogP contribution >= 0.6 is 11.8 Å². The minimum absolute atomic E-state index is 0.152. The molecule has 1 aliphatic carbocycles. The molecule has 2 N–H and O–H groups in total. The van der Waals surface area contributed by atoms with Crippen molar-refractivity contribution in [1.82, 2.24) is 5.32 Å². The molecule has 2 saturated heterocycles. The lowest BCUT2D eigenvalue weighted by atomic mass is 10.5. The van der Waals surface area contributed by atoms with Gasteiger partial charge in [-0.25, -0.2) is 0 Å². The number of thioether (sulfide) groups is 1. The molecule has 0 aromatic carbocycles. The predicted molar refractivity (Wildman–Crippen MR) is 32.7 cm³/mol. The molecular weight excluding hydrogens is 138 g/mol. The molecule has 4 unspecified atom stereocenters. The Balaban J connectivity index is 1.87. The third-order valence-corrected chi connectivity index (χ3v) is 3.52. The molecule has 0 aromatic heterocycles. The van der Waals surface area contributed by atoms with Gasteiger partial charge in [0.2, 0.25) is 0 Å². The van der Waals surface area contributed by atoms with Gasteiger partial charge in [0.25, 0.3) is 0 Å². The summed E-state index contributed by atoms with van der Waals surface area (Å²) in [5, 5.41) is 12.9. The largest absolute Gasteiger partial charge is 0.375 e. The Morgan fingerprint density at radius 2 is 2.67 bits per heavy atom. The zero-order valence-electron chi connectivity index (χ0n) is 4.70. The van der Waals surface area contributed by atoms with Crippen molar-refractivity contribution in [3.63, 3.8) is 0 Å². The lowest BCUT2D eigenvalue weighted by molar-refractivity contribution is 0.0964. The van der Waals surface area contributed by atoms with Crippen molar-refractivity contribution in [2.45, 2.75) is 29.1 Å². The average Bonchev–Trinajstić information content (AvgIpc) is 2.52. The van der Waals surface area contributed by atoms with Crippen LogP contribution in [0.4, 0.5) is 0 Å². The van der Waals surface area contributed by atoms with E-state index in [2.05, 4.69) is 5.32 Å². The quantitative estimate of drug-likeness (QED) is 0.450. The molecule has 9 heavy (non-hydrogen) atoms. The molecule has 4 atom stereocenters. The fourth-order valence-electron chi connectivity index (χ4n) is 1.25. The maximum atomic E-state index is 9.43. The van der Waals surface area contributed by atoms with Crippen LogP contribution in [0.3, 0.4) is 0 Å². The second-order valence-corrected chi connectivity index (χ2v) is 4.13. The summed E-state index contributed by atoms with van der Waals surface area (Å²) in [6.07, 6.45) is 1.05. The Bertz CT molecular complexity index is 176. The van der Waals surface area contributed by atoms with E-state index in [0.29, 0.717) is 10.7 Å². The van der Waals surface area contributed by atoms with E-state index >= 15 is 0 Å². The van der Waals surface area contributed by atoms with E-state index in [1.165, 1.54) is 0 Å². The monoisotopic (exact) mass is 145 g/mol. The minimum Gasteiger partial charge on any atom is -0.375 e. The number of fused-ring (bicyclic) bond motifs is 2. The molecule has 2 aliphatic heterocycles. The van der Waals surface area contributed by atoms with Gasteiger partial charge in [-0.05, 0) is 0 Å². The Morgan fingerprint density at radius 1 is 1.78 bits per heavy atom. The van der Waals surface area contributed by atoms with Gasteiger partial charge in [0, 0.05) is 6.42 Å². The van der Waals surface area contributed by atoms with E-state index < -0.39 is 5.72 Å². The third-order valence-electron chi connectivity index (χ3n) is 2.01. The molecule has 1 saturated carbocycles. The first-order valence-electron chi connectivity index (χ1n) is 3.09. The van der Waals surface area contributed by atoms with Gasteiger partial charge in [-0.3, -0.25) is 5.32 Å². The van der Waals surface area contributed by atoms with Crippen LogP contribution in [0.1, 0.15) is 6.42 Å². The molecule has 3 rings (SSSR count). The van der Waals surface area contributed by atoms with E-state index in [0.717, 1.165) is 6.42 Å². The van der Waals surface area contributed by atoms with Crippen molar-refractivity contribution in [2.75, 3.05) is 0 Å². The van der Waals surface area contributed by atoms with E-state index in [-0.39, 0.29) is 6.23 Å². The highest BCUT2D eigenvalue weighted by molar-refractivity contribution is 8.01. The standard InChI is InChI=1S/C5H7NO2S/c7-5-1-2(5)9-4-3(6-5)8-4/h2-4,6-7H,1H2. The molecule has 0 spiro atoms. The van der Waals surface area contributed by atoms with Crippen LogP contribution in [-0.4, -0.2) is 27.7 Å². The number of aliphatic hydroxyl groups is 1.